The quantitative estimate of drug-likeness (QED) is 0.391. The van der Waals surface area contributed by atoms with Crippen LogP contribution in [0.1, 0.15) is 20.7 Å². The second kappa shape index (κ2) is 4.93. The molecule has 7 heteroatoms. The van der Waals surface area contributed by atoms with E-state index in [1.165, 1.54) is 0 Å². The summed E-state index contributed by atoms with van der Waals surface area (Å²) in [6.07, 6.45) is 0. The van der Waals surface area contributed by atoms with Crippen molar-refractivity contribution in [2.45, 2.75) is 11.4 Å². The van der Waals surface area contributed by atoms with Crippen LogP contribution in [0.25, 0.3) is 43.6 Å². The van der Waals surface area contributed by atoms with Gasteiger partial charge in [-0.15, -0.1) is 0 Å². The third kappa shape index (κ3) is 1.67. The maximum atomic E-state index is 12.9. The average molecular weight is 399 g/mol. The highest BCUT2D eigenvalue weighted by Crippen LogP contribution is 2.45. The van der Waals surface area contributed by atoms with Crippen molar-refractivity contribution in [2.24, 2.45) is 0 Å². The molecule has 7 rings (SSSR count). The van der Waals surface area contributed by atoms with Crippen molar-refractivity contribution < 1.29 is 13.8 Å². The number of amides is 2. The molecule has 29 heavy (non-hydrogen) atoms. The van der Waals surface area contributed by atoms with E-state index in [4.69, 9.17) is 0 Å². The maximum absolute atomic E-state index is 12.9. The number of carbonyl (C=O) groups excluding carboxylic acids is 2. The fourth-order valence-electron chi connectivity index (χ4n) is 5.09. The second-order valence-electron chi connectivity index (χ2n) is 7.53. The lowest BCUT2D eigenvalue weighted by atomic mass is 9.97. The molecule has 2 aromatic heterocycles. The Labute approximate surface area is 165 Å². The zero-order valence-electron chi connectivity index (χ0n) is 15.0. The second-order valence-corrected chi connectivity index (χ2v) is 9.07. The Morgan fingerprint density at radius 3 is 2.48 bits per heavy atom. The van der Waals surface area contributed by atoms with Crippen LogP contribution >= 0.6 is 0 Å². The van der Waals surface area contributed by atoms with Crippen molar-refractivity contribution in [3.8, 4) is 0 Å². The molecule has 2 aliphatic rings. The molecular weight excluding hydrogens is 386 g/mol. The van der Waals surface area contributed by atoms with Crippen LogP contribution in [0, 0.1) is 0 Å². The number of H-pyrrole nitrogens is 1. The lowest BCUT2D eigenvalue weighted by Crippen LogP contribution is -2.20. The van der Waals surface area contributed by atoms with Gasteiger partial charge in [-0.05, 0) is 12.1 Å². The number of hydrogen-bond acceptors (Lipinski definition) is 3. The van der Waals surface area contributed by atoms with Crippen LogP contribution in [0.2, 0.25) is 0 Å². The van der Waals surface area contributed by atoms with E-state index in [1.807, 2.05) is 42.5 Å². The van der Waals surface area contributed by atoms with E-state index < -0.39 is 10.8 Å². The number of aryl methyl sites for hydroxylation is 1. The molecule has 2 amide bonds. The van der Waals surface area contributed by atoms with Crippen molar-refractivity contribution in [3.05, 3.63) is 53.6 Å². The summed E-state index contributed by atoms with van der Waals surface area (Å²) in [5.41, 5.74) is 4.42. The minimum absolute atomic E-state index is 0.364. The highest BCUT2D eigenvalue weighted by atomic mass is 32.2. The van der Waals surface area contributed by atoms with Crippen molar-refractivity contribution in [2.75, 3.05) is 5.75 Å². The Kier molecular flexibility index (Phi) is 2.63. The number of nitrogens with one attached hydrogen (secondary N) is 2. The molecule has 3 aromatic carbocycles. The molecule has 0 radical (unpaired) electrons. The molecule has 2 N–H and O–H groups in total. The topological polar surface area (TPSA) is 84.0 Å². The van der Waals surface area contributed by atoms with Gasteiger partial charge in [0.05, 0.1) is 43.4 Å². The smallest absolute Gasteiger partial charge is 0.259 e. The first-order chi connectivity index (χ1) is 14.1. The van der Waals surface area contributed by atoms with Gasteiger partial charge in [0.15, 0.2) is 0 Å². The van der Waals surface area contributed by atoms with Crippen LogP contribution in [0.5, 0.6) is 0 Å². The predicted molar refractivity (Wildman–Crippen MR) is 112 cm³/mol. The Bertz CT molecular complexity index is 1640. The van der Waals surface area contributed by atoms with E-state index in [2.05, 4.69) is 14.9 Å². The number of aromatic nitrogens is 2. The first kappa shape index (κ1) is 15.5. The van der Waals surface area contributed by atoms with E-state index in [0.29, 0.717) is 23.4 Å². The molecular formula is C22H13N3O3S. The first-order valence-electron chi connectivity index (χ1n) is 9.40. The molecule has 0 fully saturated rings. The minimum Gasteiger partial charge on any atom is -0.353 e. The third-order valence-corrected chi connectivity index (χ3v) is 7.54. The Hall–Kier alpha value is -3.45. The van der Waals surface area contributed by atoms with Crippen LogP contribution in [0.15, 0.2) is 47.4 Å². The van der Waals surface area contributed by atoms with Crippen LogP contribution in [0.4, 0.5) is 0 Å². The van der Waals surface area contributed by atoms with Gasteiger partial charge in [0, 0.05) is 39.4 Å². The first-order valence-corrected chi connectivity index (χ1v) is 10.7. The summed E-state index contributed by atoms with van der Waals surface area (Å²) in [5, 5.41) is 5.82. The van der Waals surface area contributed by atoms with Crippen molar-refractivity contribution >= 4 is 66.2 Å². The number of rotatable bonds is 0. The van der Waals surface area contributed by atoms with Gasteiger partial charge < -0.3 is 9.55 Å². The Morgan fingerprint density at radius 1 is 0.862 bits per heavy atom. The number of benzene rings is 3. The van der Waals surface area contributed by atoms with Crippen LogP contribution < -0.4 is 5.32 Å². The summed E-state index contributed by atoms with van der Waals surface area (Å²) in [4.78, 5) is 30.0. The summed E-state index contributed by atoms with van der Waals surface area (Å²) in [5.74, 6) is -0.205. The zero-order valence-corrected chi connectivity index (χ0v) is 15.9. The van der Waals surface area contributed by atoms with Gasteiger partial charge in [-0.3, -0.25) is 19.1 Å². The zero-order chi connectivity index (χ0) is 19.4. The number of carbonyl (C=O) groups is 2. The minimum atomic E-state index is -1.08. The van der Waals surface area contributed by atoms with Crippen LogP contribution in [-0.2, 0) is 17.3 Å². The fraction of sp³-hybridized carbons (Fsp3) is 0.0909. The van der Waals surface area contributed by atoms with Gasteiger partial charge in [-0.1, -0.05) is 30.3 Å². The molecule has 2 aliphatic heterocycles. The average Bonchev–Trinajstić information content (AvgIpc) is 3.35. The van der Waals surface area contributed by atoms with Gasteiger partial charge in [-0.2, -0.15) is 0 Å². The molecule has 1 unspecified atom stereocenters. The summed E-state index contributed by atoms with van der Waals surface area (Å²) < 4.78 is 14.8. The van der Waals surface area contributed by atoms with Crippen molar-refractivity contribution in [3.63, 3.8) is 0 Å². The van der Waals surface area contributed by atoms with E-state index in [-0.39, 0.29) is 11.8 Å². The Balaban J connectivity index is 1.89. The van der Waals surface area contributed by atoms with Gasteiger partial charge in [0.2, 0.25) is 0 Å². The molecule has 6 nitrogen and oxygen atoms in total. The molecule has 0 saturated heterocycles. The van der Waals surface area contributed by atoms with Gasteiger partial charge in [0.1, 0.15) is 0 Å². The van der Waals surface area contributed by atoms with Crippen LogP contribution in [-0.4, -0.2) is 31.3 Å². The van der Waals surface area contributed by atoms with E-state index in [9.17, 15) is 13.8 Å². The summed E-state index contributed by atoms with van der Waals surface area (Å²) in [6, 6.07) is 13.5. The molecule has 1 atom stereocenters. The molecule has 140 valence electrons. The van der Waals surface area contributed by atoms with E-state index >= 15 is 0 Å². The number of aromatic amines is 1. The van der Waals surface area contributed by atoms with Gasteiger partial charge >= 0.3 is 0 Å². The standard InChI is InChI=1S/C22H13N3O3S/c26-21-16-14-10-4-1-2-6-12(10)23-18(14)20-15(17(16)22(27)24-21)11-5-3-7-13-19(11)25(20)8-9-29(13)28/h1-7,23H,8-9H2,(H,24,26,27). The normalized spacial score (nSPS) is 18.3. The number of para-hydroxylation sites is 2. The number of fused-ring (bicyclic) bond motifs is 10. The van der Waals surface area contributed by atoms with Crippen molar-refractivity contribution in [1.82, 2.24) is 14.9 Å². The number of imide groups is 1. The van der Waals surface area contributed by atoms with E-state index in [1.54, 1.807) is 0 Å². The maximum Gasteiger partial charge on any atom is 0.259 e. The predicted octanol–water partition coefficient (Wildman–Crippen LogP) is 3.43. The summed E-state index contributed by atoms with van der Waals surface area (Å²) in [6.45, 7) is 0.600. The fourth-order valence-corrected chi connectivity index (χ4v) is 6.33. The molecule has 4 heterocycles. The van der Waals surface area contributed by atoms with E-state index in [0.717, 1.165) is 48.5 Å². The lowest BCUT2D eigenvalue weighted by molar-refractivity contribution is 0.0880. The Morgan fingerprint density at radius 2 is 1.62 bits per heavy atom. The molecule has 0 aliphatic carbocycles. The lowest BCUT2D eigenvalue weighted by Gasteiger charge is -2.16. The molecule has 0 bridgehead atoms. The number of hydrogen-bond donors (Lipinski definition) is 2. The molecule has 0 spiro atoms. The number of nitrogens with zero attached hydrogens (tertiary/aromatic N) is 1. The van der Waals surface area contributed by atoms with Gasteiger partial charge in [0.25, 0.3) is 11.8 Å². The monoisotopic (exact) mass is 399 g/mol. The summed E-state index contributed by atoms with van der Waals surface area (Å²) >= 11 is 0. The SMILES string of the molecule is O=C1NC(=O)c2c1c1c3ccccc3[nH]c1c1c2c2cccc3c2n1CCS3=O. The highest BCUT2D eigenvalue weighted by Gasteiger charge is 2.36. The van der Waals surface area contributed by atoms with Crippen LogP contribution in [0.3, 0.4) is 0 Å². The highest BCUT2D eigenvalue weighted by molar-refractivity contribution is 7.85. The molecule has 5 aromatic rings. The summed E-state index contributed by atoms with van der Waals surface area (Å²) in [7, 11) is -1.08. The van der Waals surface area contributed by atoms with Gasteiger partial charge in [-0.25, -0.2) is 0 Å². The third-order valence-electron chi connectivity index (χ3n) is 6.16. The molecule has 0 saturated carbocycles. The largest absolute Gasteiger partial charge is 0.353 e. The van der Waals surface area contributed by atoms with Crippen molar-refractivity contribution in [1.29, 1.82) is 0 Å².